The van der Waals surface area contributed by atoms with Crippen LogP contribution >= 0.6 is 0 Å². The Kier molecular flexibility index (Phi) is 7.74. The predicted molar refractivity (Wildman–Crippen MR) is 152 cm³/mol. The average Bonchev–Trinajstić information content (AvgIpc) is 3.43. The highest BCUT2D eigenvalue weighted by molar-refractivity contribution is 5.72. The highest BCUT2D eigenvalue weighted by Crippen LogP contribution is 2.28. The number of rotatable bonds is 9. The normalized spacial score (nSPS) is 11.2. The fourth-order valence-electron chi connectivity index (χ4n) is 4.97. The number of unbranched alkanes of at least 4 members (excludes halogenated alkanes) is 1. The van der Waals surface area contributed by atoms with Crippen LogP contribution in [-0.2, 0) is 12.8 Å². The lowest BCUT2D eigenvalue weighted by Crippen LogP contribution is -2.29. The Morgan fingerprint density at radius 3 is 2.58 bits per heavy atom. The first kappa shape index (κ1) is 26.8. The fourth-order valence-corrected chi connectivity index (χ4v) is 4.97. The van der Waals surface area contributed by atoms with E-state index in [1.807, 2.05) is 62.4 Å². The van der Waals surface area contributed by atoms with Gasteiger partial charge < -0.3 is 4.74 Å². The van der Waals surface area contributed by atoms with Gasteiger partial charge in [0, 0.05) is 18.1 Å². The van der Waals surface area contributed by atoms with E-state index in [1.165, 1.54) is 23.0 Å². The number of hydrogen-bond donors (Lipinski definition) is 0. The lowest BCUT2D eigenvalue weighted by atomic mass is 9.92. The van der Waals surface area contributed by atoms with Crippen LogP contribution in [0.3, 0.4) is 0 Å². The highest BCUT2D eigenvalue weighted by atomic mass is 19.1. The summed E-state index contributed by atoms with van der Waals surface area (Å²) >= 11 is 0. The molecule has 0 radical (unpaired) electrons. The van der Waals surface area contributed by atoms with E-state index in [1.54, 1.807) is 10.6 Å². The molecule has 0 aliphatic rings. The average molecular weight is 536 g/mol. The van der Waals surface area contributed by atoms with Gasteiger partial charge in [-0.25, -0.2) is 13.5 Å². The van der Waals surface area contributed by atoms with E-state index < -0.39 is 5.82 Å². The minimum atomic E-state index is -0.574. The maximum absolute atomic E-state index is 15.0. The summed E-state index contributed by atoms with van der Waals surface area (Å²) in [4.78, 5) is 18.6. The van der Waals surface area contributed by atoms with E-state index in [0.717, 1.165) is 35.2 Å². The molecule has 0 aliphatic heterocycles. The number of aryl methyl sites for hydroxylation is 1. The third-order valence-corrected chi connectivity index (χ3v) is 6.81. The van der Waals surface area contributed by atoms with Crippen molar-refractivity contribution in [2.45, 2.75) is 52.6 Å². The first-order chi connectivity index (χ1) is 19.4. The molecule has 0 aliphatic carbocycles. The molecular formula is C32H30FN5O2. The smallest absolute Gasteiger partial charge is 0.263 e. The van der Waals surface area contributed by atoms with Gasteiger partial charge in [0.1, 0.15) is 12.4 Å². The quantitative estimate of drug-likeness (QED) is 0.222. The Balaban J connectivity index is 1.71. The molecule has 202 valence electrons. The van der Waals surface area contributed by atoms with Crippen molar-refractivity contribution in [3.05, 3.63) is 112 Å². The molecule has 0 fully saturated rings. The summed E-state index contributed by atoms with van der Waals surface area (Å²) in [7, 11) is 0. The number of nitrogens with zero attached hydrogens (tertiary/aromatic N) is 5. The van der Waals surface area contributed by atoms with E-state index >= 15 is 4.39 Å². The Morgan fingerprint density at radius 1 is 1.07 bits per heavy atom. The molecule has 0 saturated carbocycles. The lowest BCUT2D eigenvalue weighted by Gasteiger charge is -2.17. The molecule has 2 aromatic heterocycles. The number of benzene rings is 3. The number of aromatic nitrogens is 4. The second-order valence-electron chi connectivity index (χ2n) is 9.92. The van der Waals surface area contributed by atoms with Gasteiger partial charge in [-0.2, -0.15) is 15.3 Å². The number of halogens is 1. The highest BCUT2D eigenvalue weighted by Gasteiger charge is 2.22. The fraction of sp³-hybridized carbons (Fsp3) is 0.250. The van der Waals surface area contributed by atoms with Gasteiger partial charge in [0.05, 0.1) is 23.0 Å². The molecule has 3 aromatic carbocycles. The monoisotopic (exact) mass is 535 g/mol. The molecule has 8 heteroatoms. The number of fused-ring (bicyclic) bond motifs is 1. The van der Waals surface area contributed by atoms with Gasteiger partial charge >= 0.3 is 0 Å². The van der Waals surface area contributed by atoms with Crippen LogP contribution in [-0.4, -0.2) is 25.3 Å². The van der Waals surface area contributed by atoms with Crippen molar-refractivity contribution in [3.63, 3.8) is 0 Å². The summed E-state index contributed by atoms with van der Waals surface area (Å²) in [6.07, 6.45) is 3.79. The molecule has 2 heterocycles. The third-order valence-electron chi connectivity index (χ3n) is 6.81. The summed E-state index contributed by atoms with van der Waals surface area (Å²) < 4.78 is 23.6. The summed E-state index contributed by atoms with van der Waals surface area (Å²) in [6, 6.07) is 22.2. The van der Waals surface area contributed by atoms with Crippen LogP contribution in [0.2, 0.25) is 0 Å². The Morgan fingerprint density at radius 2 is 1.88 bits per heavy atom. The first-order valence-electron chi connectivity index (χ1n) is 13.4. The summed E-state index contributed by atoms with van der Waals surface area (Å²) in [5.74, 6) is -0.162. The topological polar surface area (TPSA) is 85.2 Å². The largest absolute Gasteiger partial charge is 0.488 e. The summed E-state index contributed by atoms with van der Waals surface area (Å²) in [5.41, 5.74) is 4.21. The zero-order chi connectivity index (χ0) is 28.2. The molecule has 0 amide bonds. The number of ether oxygens (including phenoxy) is 1. The lowest BCUT2D eigenvalue weighted by molar-refractivity contribution is 0.231. The van der Waals surface area contributed by atoms with E-state index in [0.29, 0.717) is 29.0 Å². The van der Waals surface area contributed by atoms with Crippen LogP contribution in [0.4, 0.5) is 4.39 Å². The maximum Gasteiger partial charge on any atom is 0.263 e. The van der Waals surface area contributed by atoms with E-state index in [9.17, 15) is 10.1 Å². The minimum Gasteiger partial charge on any atom is -0.488 e. The molecule has 0 unspecified atom stereocenters. The van der Waals surface area contributed by atoms with Crippen molar-refractivity contribution in [2.24, 2.45) is 0 Å². The van der Waals surface area contributed by atoms with Crippen LogP contribution in [0.15, 0.2) is 77.9 Å². The van der Waals surface area contributed by atoms with Crippen molar-refractivity contribution >= 4 is 5.78 Å². The number of nitriles is 1. The predicted octanol–water partition coefficient (Wildman–Crippen LogP) is 6.28. The van der Waals surface area contributed by atoms with Crippen molar-refractivity contribution < 1.29 is 9.13 Å². The second kappa shape index (κ2) is 11.5. The van der Waals surface area contributed by atoms with Gasteiger partial charge in [0.25, 0.3) is 5.56 Å². The minimum absolute atomic E-state index is 0.112. The van der Waals surface area contributed by atoms with Gasteiger partial charge in [-0.1, -0.05) is 61.9 Å². The van der Waals surface area contributed by atoms with Crippen molar-refractivity contribution in [3.8, 4) is 28.6 Å². The Hall–Kier alpha value is -4.77. The van der Waals surface area contributed by atoms with Gasteiger partial charge in [0.2, 0.25) is 5.78 Å². The zero-order valence-corrected chi connectivity index (χ0v) is 22.8. The van der Waals surface area contributed by atoms with Crippen LogP contribution < -0.4 is 10.3 Å². The standard InChI is InChI=1S/C32H30FN5O2/c1-4-5-14-29-26(17-23-12-9-13-25(27(23)19-34)22-10-7-6-8-11-22)31(39)37(32-35-20-36-38(29)32)24-15-16-30(28(33)18-24)40-21(2)3/h6-13,15-16,18,20-21H,4-5,14,17H2,1-3H3. The first-order valence-corrected chi connectivity index (χ1v) is 13.4. The van der Waals surface area contributed by atoms with E-state index in [4.69, 9.17) is 4.74 Å². The molecule has 5 rings (SSSR count). The zero-order valence-electron chi connectivity index (χ0n) is 22.8. The van der Waals surface area contributed by atoms with Crippen molar-refractivity contribution in [1.29, 1.82) is 5.26 Å². The molecule has 40 heavy (non-hydrogen) atoms. The Bertz CT molecular complexity index is 1770. The van der Waals surface area contributed by atoms with Crippen LogP contribution in [0.25, 0.3) is 22.6 Å². The maximum atomic E-state index is 15.0. The molecule has 0 N–H and O–H groups in total. The SMILES string of the molecule is CCCCc1c(Cc2cccc(-c3ccccc3)c2C#N)c(=O)n(-c2ccc(OC(C)C)c(F)c2)c2ncnn12. The van der Waals surface area contributed by atoms with Crippen molar-refractivity contribution in [1.82, 2.24) is 19.2 Å². The second-order valence-corrected chi connectivity index (χ2v) is 9.92. The van der Waals surface area contributed by atoms with Gasteiger partial charge in [-0.05, 0) is 55.5 Å². The molecule has 0 atom stereocenters. The summed E-state index contributed by atoms with van der Waals surface area (Å²) in [6.45, 7) is 5.72. The Labute approximate surface area is 232 Å². The van der Waals surface area contributed by atoms with Gasteiger partial charge in [-0.3, -0.25) is 4.79 Å². The van der Waals surface area contributed by atoms with Crippen LogP contribution in [0.5, 0.6) is 5.75 Å². The van der Waals surface area contributed by atoms with Crippen LogP contribution in [0, 0.1) is 17.1 Å². The summed E-state index contributed by atoms with van der Waals surface area (Å²) in [5, 5.41) is 14.6. The van der Waals surface area contributed by atoms with Gasteiger partial charge in [-0.15, -0.1) is 0 Å². The molecule has 5 aromatic rings. The molecule has 0 saturated heterocycles. The van der Waals surface area contributed by atoms with Crippen molar-refractivity contribution in [2.75, 3.05) is 0 Å². The molecule has 0 spiro atoms. The molecule has 7 nitrogen and oxygen atoms in total. The van der Waals surface area contributed by atoms with E-state index in [2.05, 4.69) is 23.1 Å². The van der Waals surface area contributed by atoms with E-state index in [-0.39, 0.29) is 23.8 Å². The number of hydrogen-bond acceptors (Lipinski definition) is 5. The van der Waals surface area contributed by atoms with Crippen LogP contribution in [0.1, 0.15) is 56.0 Å². The molecular weight excluding hydrogens is 505 g/mol. The third kappa shape index (κ3) is 5.10. The van der Waals surface area contributed by atoms with Gasteiger partial charge in [0.15, 0.2) is 11.6 Å². The molecule has 0 bridgehead atoms.